The summed E-state index contributed by atoms with van der Waals surface area (Å²) in [7, 11) is 5.37. The second-order valence-electron chi connectivity index (χ2n) is 5.11. The summed E-state index contributed by atoms with van der Waals surface area (Å²) in [4.78, 5) is 0. The number of ether oxygens (including phenoxy) is 1. The van der Waals surface area contributed by atoms with Crippen molar-refractivity contribution in [3.8, 4) is 5.75 Å². The van der Waals surface area contributed by atoms with Gasteiger partial charge in [-0.15, -0.1) is 0 Å². The number of rotatable bonds is 4. The number of nitrogen functional groups attached to an aromatic ring is 1. The third kappa shape index (κ3) is 4.64. The molecule has 0 aromatic heterocycles. The van der Waals surface area contributed by atoms with Gasteiger partial charge in [0, 0.05) is 5.92 Å². The normalized spacial score (nSPS) is 11.1. The summed E-state index contributed by atoms with van der Waals surface area (Å²) in [6, 6.07) is 16.1. The maximum Gasteiger partial charge on any atom is 0.141 e. The molecule has 3 N–H and O–H groups in total. The number of benzene rings is 2. The molecule has 0 aliphatic heterocycles. The van der Waals surface area contributed by atoms with E-state index in [1.807, 2.05) is 50.5 Å². The highest BCUT2D eigenvalue weighted by Gasteiger charge is 2.12. The van der Waals surface area contributed by atoms with Crippen molar-refractivity contribution in [1.29, 1.82) is 0 Å². The van der Waals surface area contributed by atoms with Gasteiger partial charge in [0.1, 0.15) is 5.75 Å². The van der Waals surface area contributed by atoms with E-state index in [-0.39, 0.29) is 5.92 Å². The summed E-state index contributed by atoms with van der Waals surface area (Å²) in [6.45, 7) is 6.34. The minimum atomic E-state index is 0.218. The summed E-state index contributed by atoms with van der Waals surface area (Å²) in [5, 5.41) is 2.75. The van der Waals surface area contributed by atoms with Gasteiger partial charge in [-0.1, -0.05) is 49.9 Å². The van der Waals surface area contributed by atoms with Crippen molar-refractivity contribution >= 4 is 11.3 Å². The van der Waals surface area contributed by atoms with E-state index in [0.717, 1.165) is 16.7 Å². The molecule has 0 aliphatic carbocycles. The van der Waals surface area contributed by atoms with Gasteiger partial charge in [-0.2, -0.15) is 0 Å². The van der Waals surface area contributed by atoms with Gasteiger partial charge in [0.05, 0.1) is 12.8 Å². The lowest BCUT2D eigenvalue weighted by molar-refractivity contribution is 0.417. The topological polar surface area (TPSA) is 47.3 Å². The van der Waals surface area contributed by atoms with Crippen molar-refractivity contribution in [1.82, 2.24) is 5.32 Å². The first-order valence-electron chi connectivity index (χ1n) is 7.31. The fourth-order valence-corrected chi connectivity index (χ4v) is 2.13. The van der Waals surface area contributed by atoms with E-state index in [1.54, 1.807) is 7.11 Å². The average molecular weight is 298 g/mol. The third-order valence-electron chi connectivity index (χ3n) is 3.42. The molecule has 0 heterocycles. The molecular weight excluding hydrogens is 272 g/mol. The number of methoxy groups -OCH3 is 1. The van der Waals surface area contributed by atoms with Gasteiger partial charge in [-0.25, -0.2) is 0 Å². The van der Waals surface area contributed by atoms with Crippen LogP contribution in [0.3, 0.4) is 0 Å². The Balaban J connectivity index is 0.000000745. The van der Waals surface area contributed by atoms with Gasteiger partial charge in [-0.3, -0.25) is 0 Å². The van der Waals surface area contributed by atoms with E-state index in [9.17, 15) is 0 Å². The minimum absolute atomic E-state index is 0.218. The predicted octanol–water partition coefficient (Wildman–Crippen LogP) is 3.93. The van der Waals surface area contributed by atoms with Gasteiger partial charge < -0.3 is 15.8 Å². The first kappa shape index (κ1) is 17.8. The maximum absolute atomic E-state index is 5.95. The zero-order valence-electron chi connectivity index (χ0n) is 13.9. The molecule has 0 spiro atoms. The van der Waals surface area contributed by atoms with Gasteiger partial charge in [-0.05, 0) is 42.9 Å². The molecule has 3 nitrogen and oxygen atoms in total. The molecule has 0 amide bonds. The molecule has 0 fully saturated rings. The van der Waals surface area contributed by atoms with Crippen molar-refractivity contribution in [3.63, 3.8) is 0 Å². The maximum atomic E-state index is 5.95. The van der Waals surface area contributed by atoms with Crippen LogP contribution < -0.4 is 15.8 Å². The summed E-state index contributed by atoms with van der Waals surface area (Å²) in [6.07, 6.45) is 0. The third-order valence-corrected chi connectivity index (χ3v) is 3.42. The quantitative estimate of drug-likeness (QED) is 0.841. The van der Waals surface area contributed by atoms with Crippen LogP contribution in [0.15, 0.2) is 55.1 Å². The first-order chi connectivity index (χ1) is 10.5. The highest BCUT2D eigenvalue weighted by atomic mass is 16.5. The summed E-state index contributed by atoms with van der Waals surface area (Å²) in [5.41, 5.74) is 10.0. The Kier molecular flexibility index (Phi) is 7.20. The van der Waals surface area contributed by atoms with Gasteiger partial charge in [0.25, 0.3) is 0 Å². The van der Waals surface area contributed by atoms with Crippen LogP contribution in [0.1, 0.15) is 24.0 Å². The van der Waals surface area contributed by atoms with Crippen molar-refractivity contribution < 1.29 is 4.74 Å². The highest BCUT2D eigenvalue weighted by Crippen LogP contribution is 2.33. The van der Waals surface area contributed by atoms with Crippen LogP contribution in [-0.2, 0) is 0 Å². The monoisotopic (exact) mass is 298 g/mol. The Morgan fingerprint density at radius 3 is 2.23 bits per heavy atom. The molecule has 0 bridgehead atoms. The summed E-state index contributed by atoms with van der Waals surface area (Å²) < 4.78 is 5.18. The van der Waals surface area contributed by atoms with E-state index in [1.165, 1.54) is 0 Å². The molecule has 118 valence electrons. The Hall–Kier alpha value is -2.26. The number of allylic oxidation sites excluding steroid dienone is 1. The summed E-state index contributed by atoms with van der Waals surface area (Å²) in [5.74, 6) is 0.928. The van der Waals surface area contributed by atoms with Crippen molar-refractivity contribution in [2.75, 3.05) is 26.9 Å². The molecule has 22 heavy (non-hydrogen) atoms. The molecule has 0 saturated heterocycles. The lowest BCUT2D eigenvalue weighted by Crippen LogP contribution is -1.99. The fraction of sp³-hybridized carbons (Fsp3) is 0.263. The Labute approximate surface area is 133 Å². The standard InChI is InChI=1S/C17H19NO.C2H7N/c1-12(14-7-5-4-6-8-14)13(2)15-9-10-17(19-3)16(18)11-15;1-3-2/h4-11,13H,1,18H2,2-3H3;3H,1-2H3. The van der Waals surface area contributed by atoms with Crippen LogP contribution in [0, 0.1) is 0 Å². The zero-order chi connectivity index (χ0) is 16.5. The first-order valence-corrected chi connectivity index (χ1v) is 7.31. The molecule has 3 heteroatoms. The molecule has 1 unspecified atom stereocenters. The van der Waals surface area contributed by atoms with E-state index < -0.39 is 0 Å². The number of hydrogen-bond donors (Lipinski definition) is 2. The van der Waals surface area contributed by atoms with Crippen LogP contribution in [-0.4, -0.2) is 21.2 Å². The van der Waals surface area contributed by atoms with Crippen molar-refractivity contribution in [2.45, 2.75) is 12.8 Å². The number of nitrogens with two attached hydrogens (primary N) is 1. The van der Waals surface area contributed by atoms with Gasteiger partial charge >= 0.3 is 0 Å². The fourth-order valence-electron chi connectivity index (χ4n) is 2.13. The molecule has 0 aliphatic rings. The Bertz CT molecular complexity index is 594. The second-order valence-corrected chi connectivity index (χ2v) is 5.11. The average Bonchev–Trinajstić information content (AvgIpc) is 2.55. The SMILES string of the molecule is C=C(c1ccccc1)C(C)c1ccc(OC)c(N)c1.CNC. The van der Waals surface area contributed by atoms with Crippen LogP contribution in [0.4, 0.5) is 5.69 Å². The smallest absolute Gasteiger partial charge is 0.141 e. The molecule has 0 radical (unpaired) electrons. The molecule has 2 aromatic rings. The van der Waals surface area contributed by atoms with Crippen LogP contribution >= 0.6 is 0 Å². The number of hydrogen-bond acceptors (Lipinski definition) is 3. The Morgan fingerprint density at radius 2 is 1.73 bits per heavy atom. The Morgan fingerprint density at radius 1 is 1.14 bits per heavy atom. The number of nitrogens with one attached hydrogen (secondary N) is 1. The molecule has 2 aromatic carbocycles. The second kappa shape index (κ2) is 8.90. The zero-order valence-corrected chi connectivity index (χ0v) is 13.9. The molecular formula is C19H26N2O. The van der Waals surface area contributed by atoms with E-state index in [4.69, 9.17) is 10.5 Å². The van der Waals surface area contributed by atoms with E-state index >= 15 is 0 Å². The van der Waals surface area contributed by atoms with Crippen molar-refractivity contribution in [3.05, 3.63) is 66.2 Å². The van der Waals surface area contributed by atoms with E-state index in [2.05, 4.69) is 31.0 Å². The van der Waals surface area contributed by atoms with Crippen LogP contribution in [0.5, 0.6) is 5.75 Å². The van der Waals surface area contributed by atoms with Crippen LogP contribution in [0.2, 0.25) is 0 Å². The lowest BCUT2D eigenvalue weighted by atomic mass is 9.89. The molecule has 2 rings (SSSR count). The predicted molar refractivity (Wildman–Crippen MR) is 96.3 cm³/mol. The van der Waals surface area contributed by atoms with E-state index in [0.29, 0.717) is 11.4 Å². The lowest BCUT2D eigenvalue weighted by Gasteiger charge is -2.17. The largest absolute Gasteiger partial charge is 0.495 e. The highest BCUT2D eigenvalue weighted by molar-refractivity contribution is 5.70. The van der Waals surface area contributed by atoms with Gasteiger partial charge in [0.2, 0.25) is 0 Å². The molecule has 1 atom stereocenters. The van der Waals surface area contributed by atoms with Gasteiger partial charge in [0.15, 0.2) is 0 Å². The minimum Gasteiger partial charge on any atom is -0.495 e. The van der Waals surface area contributed by atoms with Crippen LogP contribution in [0.25, 0.3) is 5.57 Å². The molecule has 0 saturated carbocycles. The van der Waals surface area contributed by atoms with Crippen molar-refractivity contribution in [2.24, 2.45) is 0 Å². The number of anilines is 1. The summed E-state index contributed by atoms with van der Waals surface area (Å²) >= 11 is 0.